The lowest BCUT2D eigenvalue weighted by Crippen LogP contribution is -2.30. The molecule has 0 fully saturated rings. The Morgan fingerprint density at radius 2 is 0.565 bits per heavy atom. The maximum absolute atomic E-state index is 12.7. The quantitative estimate of drug-likeness (QED) is 0.0262. The van der Waals surface area contributed by atoms with Crippen LogP contribution < -0.4 is 0 Å². The van der Waals surface area contributed by atoms with Gasteiger partial charge in [0.2, 0.25) is 0 Å². The van der Waals surface area contributed by atoms with Crippen molar-refractivity contribution in [3.05, 3.63) is 97.2 Å². The van der Waals surface area contributed by atoms with Gasteiger partial charge in [0.25, 0.3) is 0 Å². The van der Waals surface area contributed by atoms with Crippen molar-refractivity contribution in [3.8, 4) is 0 Å². The first kappa shape index (κ1) is 65.3. The molecule has 0 aromatic carbocycles. The number of carbonyl (C=O) groups excluding carboxylic acids is 3. The SMILES string of the molecule is CC/C=C\C/C=C\C/C=C\C/C=C\C/C=C\CCCCCCCCCCCCCCCCCCCC(=O)OCC(COC(=O)CCCCCCC)OC(=O)CCCCC/C=C\C/C=C\C/C=C\CC. The van der Waals surface area contributed by atoms with Crippen molar-refractivity contribution in [1.29, 1.82) is 0 Å². The third-order valence-corrected chi connectivity index (χ3v) is 12.1. The van der Waals surface area contributed by atoms with E-state index in [1.54, 1.807) is 0 Å². The highest BCUT2D eigenvalue weighted by Gasteiger charge is 2.19. The summed E-state index contributed by atoms with van der Waals surface area (Å²) in [5, 5.41) is 0. The Morgan fingerprint density at radius 1 is 0.304 bits per heavy atom. The number of hydrogen-bond acceptors (Lipinski definition) is 6. The number of carbonyl (C=O) groups is 3. The zero-order valence-corrected chi connectivity index (χ0v) is 45.0. The number of hydrogen-bond donors (Lipinski definition) is 0. The molecule has 0 aliphatic carbocycles. The standard InChI is InChI=1S/C63H106O6/c1-4-7-10-13-15-17-19-21-22-23-24-25-26-27-28-29-30-31-32-33-34-35-36-37-38-39-40-42-43-45-47-50-53-56-62(65)68-59-60(58-67-61(64)55-52-49-12-9-6-3)69-63(66)57-54-51-48-46-44-41-20-18-16-14-11-8-5-2/h7-8,10-11,15-18,21-22,24-25,27-28,41,44,60H,4-6,9,12-14,19-20,23,26,29-40,42-43,45-59H2,1-3H3/b10-7-,11-8-,17-15-,18-16-,22-21-,25-24-,28-27-,44-41-. The van der Waals surface area contributed by atoms with Crippen LogP contribution in [0.25, 0.3) is 0 Å². The van der Waals surface area contributed by atoms with Crippen LogP contribution in [0.15, 0.2) is 97.2 Å². The Labute approximate surface area is 426 Å². The highest BCUT2D eigenvalue weighted by molar-refractivity contribution is 5.71. The molecule has 0 aromatic heterocycles. The van der Waals surface area contributed by atoms with Gasteiger partial charge in [-0.25, -0.2) is 0 Å². The lowest BCUT2D eigenvalue weighted by atomic mass is 10.0. The summed E-state index contributed by atoms with van der Waals surface area (Å²) in [6.45, 7) is 6.30. The van der Waals surface area contributed by atoms with Crippen LogP contribution in [-0.2, 0) is 28.6 Å². The normalized spacial score (nSPS) is 12.8. The number of unbranched alkanes of at least 4 members (excludes halogenated alkanes) is 24. The fourth-order valence-electron chi connectivity index (χ4n) is 7.84. The fourth-order valence-corrected chi connectivity index (χ4v) is 7.84. The summed E-state index contributed by atoms with van der Waals surface area (Å²) >= 11 is 0. The molecule has 1 atom stereocenters. The topological polar surface area (TPSA) is 78.9 Å². The second-order valence-corrected chi connectivity index (χ2v) is 18.8. The minimum atomic E-state index is -0.786. The minimum absolute atomic E-state index is 0.0873. The van der Waals surface area contributed by atoms with Gasteiger partial charge in [-0.05, 0) is 96.3 Å². The molecule has 0 saturated carbocycles. The van der Waals surface area contributed by atoms with Gasteiger partial charge >= 0.3 is 17.9 Å². The monoisotopic (exact) mass is 959 g/mol. The molecule has 0 amide bonds. The van der Waals surface area contributed by atoms with E-state index >= 15 is 0 Å². The molecular weight excluding hydrogens is 853 g/mol. The molecule has 0 radical (unpaired) electrons. The Morgan fingerprint density at radius 3 is 0.899 bits per heavy atom. The predicted octanol–water partition coefficient (Wildman–Crippen LogP) is 19.3. The molecular formula is C63H106O6. The molecule has 0 bridgehead atoms. The number of ether oxygens (including phenoxy) is 3. The lowest BCUT2D eigenvalue weighted by Gasteiger charge is -2.18. The molecule has 0 aliphatic rings. The average molecular weight is 960 g/mol. The summed E-state index contributed by atoms with van der Waals surface area (Å²) in [4.78, 5) is 37.7. The van der Waals surface area contributed by atoms with Gasteiger partial charge in [-0.2, -0.15) is 0 Å². The van der Waals surface area contributed by atoms with Crippen molar-refractivity contribution >= 4 is 17.9 Å². The van der Waals surface area contributed by atoms with Crippen LogP contribution in [0.5, 0.6) is 0 Å². The first-order valence-corrected chi connectivity index (χ1v) is 28.7. The molecule has 0 saturated heterocycles. The van der Waals surface area contributed by atoms with Crippen LogP contribution in [0, 0.1) is 0 Å². The van der Waals surface area contributed by atoms with E-state index in [4.69, 9.17) is 14.2 Å². The lowest BCUT2D eigenvalue weighted by molar-refractivity contribution is -0.167. The van der Waals surface area contributed by atoms with Gasteiger partial charge in [0.1, 0.15) is 13.2 Å². The predicted molar refractivity (Wildman–Crippen MR) is 297 cm³/mol. The molecule has 0 N–H and O–H groups in total. The van der Waals surface area contributed by atoms with E-state index in [1.165, 1.54) is 103 Å². The first-order valence-electron chi connectivity index (χ1n) is 28.7. The summed E-state index contributed by atoms with van der Waals surface area (Å²) in [6.07, 6.45) is 76.1. The molecule has 6 heteroatoms. The molecule has 394 valence electrons. The number of allylic oxidation sites excluding steroid dienone is 16. The summed E-state index contributed by atoms with van der Waals surface area (Å²) in [6, 6.07) is 0. The summed E-state index contributed by atoms with van der Waals surface area (Å²) in [7, 11) is 0. The van der Waals surface area contributed by atoms with Crippen molar-refractivity contribution in [3.63, 3.8) is 0 Å². The van der Waals surface area contributed by atoms with Crippen LogP contribution in [0.4, 0.5) is 0 Å². The van der Waals surface area contributed by atoms with Crippen molar-refractivity contribution < 1.29 is 28.6 Å². The zero-order chi connectivity index (χ0) is 50.0. The highest BCUT2D eigenvalue weighted by Crippen LogP contribution is 2.16. The van der Waals surface area contributed by atoms with Gasteiger partial charge < -0.3 is 14.2 Å². The smallest absolute Gasteiger partial charge is 0.306 e. The summed E-state index contributed by atoms with van der Waals surface area (Å²) < 4.78 is 16.7. The second kappa shape index (κ2) is 56.9. The molecule has 6 nitrogen and oxygen atoms in total. The molecule has 1 unspecified atom stereocenters. The Hall–Kier alpha value is -3.67. The maximum Gasteiger partial charge on any atom is 0.306 e. The maximum atomic E-state index is 12.7. The van der Waals surface area contributed by atoms with Crippen LogP contribution in [0.1, 0.15) is 265 Å². The van der Waals surface area contributed by atoms with Gasteiger partial charge in [-0.1, -0.05) is 246 Å². The third-order valence-electron chi connectivity index (χ3n) is 12.1. The molecule has 0 aromatic rings. The van der Waals surface area contributed by atoms with E-state index < -0.39 is 6.10 Å². The van der Waals surface area contributed by atoms with Crippen molar-refractivity contribution in [1.82, 2.24) is 0 Å². The third kappa shape index (κ3) is 55.1. The van der Waals surface area contributed by atoms with Crippen LogP contribution in [0.3, 0.4) is 0 Å². The van der Waals surface area contributed by atoms with Crippen molar-refractivity contribution in [2.45, 2.75) is 271 Å². The summed E-state index contributed by atoms with van der Waals surface area (Å²) in [5.74, 6) is -0.930. The highest BCUT2D eigenvalue weighted by atomic mass is 16.6. The molecule has 0 aliphatic heterocycles. The average Bonchev–Trinajstić information content (AvgIpc) is 3.35. The van der Waals surface area contributed by atoms with Crippen LogP contribution in [0.2, 0.25) is 0 Å². The van der Waals surface area contributed by atoms with Gasteiger partial charge in [-0.15, -0.1) is 0 Å². The van der Waals surface area contributed by atoms with E-state index in [0.717, 1.165) is 122 Å². The van der Waals surface area contributed by atoms with E-state index in [1.807, 2.05) is 0 Å². The van der Waals surface area contributed by atoms with Gasteiger partial charge in [-0.3, -0.25) is 14.4 Å². The van der Waals surface area contributed by atoms with Crippen molar-refractivity contribution in [2.24, 2.45) is 0 Å². The minimum Gasteiger partial charge on any atom is -0.462 e. The largest absolute Gasteiger partial charge is 0.462 e. The number of esters is 3. The van der Waals surface area contributed by atoms with E-state index in [0.29, 0.717) is 19.3 Å². The van der Waals surface area contributed by atoms with Crippen molar-refractivity contribution in [2.75, 3.05) is 13.2 Å². The number of rotatable bonds is 51. The Bertz CT molecular complexity index is 1380. The zero-order valence-electron chi connectivity index (χ0n) is 45.0. The molecule has 0 rings (SSSR count). The molecule has 69 heavy (non-hydrogen) atoms. The van der Waals surface area contributed by atoms with E-state index in [-0.39, 0.29) is 31.1 Å². The molecule has 0 heterocycles. The van der Waals surface area contributed by atoms with Gasteiger partial charge in [0.15, 0.2) is 6.10 Å². The van der Waals surface area contributed by atoms with Crippen LogP contribution in [-0.4, -0.2) is 37.2 Å². The van der Waals surface area contributed by atoms with Gasteiger partial charge in [0, 0.05) is 19.3 Å². The molecule has 0 spiro atoms. The Kier molecular flexibility index (Phi) is 53.9. The van der Waals surface area contributed by atoms with Crippen LogP contribution >= 0.6 is 0 Å². The first-order chi connectivity index (χ1) is 34.0. The summed E-state index contributed by atoms with van der Waals surface area (Å²) in [5.41, 5.74) is 0. The fraction of sp³-hybridized carbons (Fsp3) is 0.698. The Balaban J connectivity index is 3.95. The van der Waals surface area contributed by atoms with Gasteiger partial charge in [0.05, 0.1) is 0 Å². The van der Waals surface area contributed by atoms with E-state index in [2.05, 4.69) is 118 Å². The van der Waals surface area contributed by atoms with E-state index in [9.17, 15) is 14.4 Å². The second-order valence-electron chi connectivity index (χ2n) is 18.8.